The molecule has 0 saturated heterocycles. The lowest BCUT2D eigenvalue weighted by molar-refractivity contribution is -0.144. The first-order chi connectivity index (χ1) is 9.51. The van der Waals surface area contributed by atoms with Gasteiger partial charge < -0.3 is 20.3 Å². The van der Waals surface area contributed by atoms with Crippen molar-refractivity contribution in [3.05, 3.63) is 29.8 Å². The molecule has 5 heteroatoms. The molecule has 1 unspecified atom stereocenters. The Hall–Kier alpha value is -1.59. The Morgan fingerprint density at radius 2 is 2.20 bits per heavy atom. The second kappa shape index (κ2) is 7.87. The zero-order chi connectivity index (χ0) is 15.0. The number of benzene rings is 1. The van der Waals surface area contributed by atoms with Crippen molar-refractivity contribution in [2.75, 3.05) is 13.2 Å². The van der Waals surface area contributed by atoms with E-state index in [1.165, 1.54) is 0 Å². The Labute approximate surface area is 119 Å². The largest absolute Gasteiger partial charge is 0.493 e. The van der Waals surface area contributed by atoms with Crippen LogP contribution in [0.2, 0.25) is 0 Å². The first-order valence-electron chi connectivity index (χ1n) is 6.83. The molecule has 0 aliphatic carbocycles. The first-order valence-corrected chi connectivity index (χ1v) is 6.83. The molecule has 5 nitrogen and oxygen atoms in total. The van der Waals surface area contributed by atoms with Crippen molar-refractivity contribution in [1.29, 1.82) is 0 Å². The van der Waals surface area contributed by atoms with Crippen molar-refractivity contribution >= 4 is 5.97 Å². The van der Waals surface area contributed by atoms with Crippen LogP contribution in [-0.2, 0) is 11.4 Å². The zero-order valence-corrected chi connectivity index (χ0v) is 12.1. The molecule has 0 bridgehead atoms. The van der Waals surface area contributed by atoms with Crippen LogP contribution in [-0.4, -0.2) is 34.9 Å². The second-order valence-corrected chi connectivity index (χ2v) is 4.97. The summed E-state index contributed by atoms with van der Waals surface area (Å²) >= 11 is 0. The number of aliphatic hydroxyl groups is 1. The molecule has 1 atom stereocenters. The van der Waals surface area contributed by atoms with Crippen molar-refractivity contribution in [1.82, 2.24) is 5.32 Å². The number of carboxylic acid groups (broad SMARTS) is 1. The number of rotatable bonds is 9. The molecule has 1 aromatic carbocycles. The lowest BCUT2D eigenvalue weighted by Gasteiger charge is -2.26. The third kappa shape index (κ3) is 4.83. The van der Waals surface area contributed by atoms with Gasteiger partial charge in [0.05, 0.1) is 13.2 Å². The summed E-state index contributed by atoms with van der Waals surface area (Å²) < 4.78 is 5.56. The summed E-state index contributed by atoms with van der Waals surface area (Å²) in [6.45, 7) is 4.57. The molecule has 0 fully saturated rings. The number of carbonyl (C=O) groups is 1. The monoisotopic (exact) mass is 281 g/mol. The van der Waals surface area contributed by atoms with E-state index in [0.29, 0.717) is 25.3 Å². The lowest BCUT2D eigenvalue weighted by atomic mass is 9.98. The third-order valence-corrected chi connectivity index (χ3v) is 3.19. The fourth-order valence-corrected chi connectivity index (χ4v) is 1.78. The summed E-state index contributed by atoms with van der Waals surface area (Å²) in [6.07, 6.45) is 1.24. The smallest absolute Gasteiger partial charge is 0.323 e. The Morgan fingerprint density at radius 3 is 2.80 bits per heavy atom. The summed E-state index contributed by atoms with van der Waals surface area (Å²) in [7, 11) is 0. The molecule has 0 amide bonds. The van der Waals surface area contributed by atoms with E-state index >= 15 is 0 Å². The molecule has 0 heterocycles. The van der Waals surface area contributed by atoms with E-state index in [4.69, 9.17) is 9.84 Å². The molecule has 0 saturated carbocycles. The van der Waals surface area contributed by atoms with Gasteiger partial charge in [-0.2, -0.15) is 0 Å². The maximum absolute atomic E-state index is 11.3. The van der Waals surface area contributed by atoms with Crippen LogP contribution in [0.4, 0.5) is 0 Å². The van der Waals surface area contributed by atoms with Crippen LogP contribution in [0.1, 0.15) is 32.3 Å². The van der Waals surface area contributed by atoms with Gasteiger partial charge in [0.1, 0.15) is 11.3 Å². The molecule has 0 aliphatic rings. The Bertz CT molecular complexity index is 436. The SMILES string of the molecule is CCCNC(C)(CCOc1cccc(CO)c1)C(=O)O. The molecule has 20 heavy (non-hydrogen) atoms. The second-order valence-electron chi connectivity index (χ2n) is 4.97. The predicted molar refractivity (Wildman–Crippen MR) is 76.8 cm³/mol. The van der Waals surface area contributed by atoms with Crippen molar-refractivity contribution in [2.45, 2.75) is 38.8 Å². The van der Waals surface area contributed by atoms with E-state index < -0.39 is 11.5 Å². The molecule has 0 aromatic heterocycles. The van der Waals surface area contributed by atoms with Gasteiger partial charge in [-0.3, -0.25) is 4.79 Å². The Balaban J connectivity index is 2.53. The van der Waals surface area contributed by atoms with Gasteiger partial charge in [0.15, 0.2) is 0 Å². The van der Waals surface area contributed by atoms with Gasteiger partial charge in [-0.1, -0.05) is 19.1 Å². The maximum Gasteiger partial charge on any atom is 0.323 e. The van der Waals surface area contributed by atoms with Gasteiger partial charge in [0.2, 0.25) is 0 Å². The number of hydrogen-bond acceptors (Lipinski definition) is 4. The highest BCUT2D eigenvalue weighted by atomic mass is 16.5. The molecule has 1 aromatic rings. The lowest BCUT2D eigenvalue weighted by Crippen LogP contribution is -2.50. The number of ether oxygens (including phenoxy) is 1. The van der Waals surface area contributed by atoms with E-state index in [-0.39, 0.29) is 6.61 Å². The van der Waals surface area contributed by atoms with Crippen molar-refractivity contribution in [3.63, 3.8) is 0 Å². The Kier molecular flexibility index (Phi) is 6.48. The van der Waals surface area contributed by atoms with E-state index in [9.17, 15) is 9.90 Å². The number of aliphatic hydroxyl groups excluding tert-OH is 1. The third-order valence-electron chi connectivity index (χ3n) is 3.19. The molecule has 1 rings (SSSR count). The van der Waals surface area contributed by atoms with Crippen molar-refractivity contribution in [2.24, 2.45) is 0 Å². The van der Waals surface area contributed by atoms with Gasteiger partial charge in [0.25, 0.3) is 0 Å². The molecule has 112 valence electrons. The minimum atomic E-state index is -0.982. The van der Waals surface area contributed by atoms with Gasteiger partial charge in [-0.05, 0) is 37.6 Å². The summed E-state index contributed by atoms with van der Waals surface area (Å²) in [5.74, 6) is -0.238. The number of aliphatic carboxylic acids is 1. The minimum absolute atomic E-state index is 0.0396. The van der Waals surface area contributed by atoms with Crippen LogP contribution in [0.15, 0.2) is 24.3 Å². The van der Waals surface area contributed by atoms with Crippen LogP contribution < -0.4 is 10.1 Å². The highest BCUT2D eigenvalue weighted by molar-refractivity contribution is 5.78. The van der Waals surface area contributed by atoms with Gasteiger partial charge >= 0.3 is 5.97 Å². The highest BCUT2D eigenvalue weighted by Crippen LogP contribution is 2.16. The van der Waals surface area contributed by atoms with E-state index in [1.807, 2.05) is 6.92 Å². The van der Waals surface area contributed by atoms with Crippen molar-refractivity contribution in [3.8, 4) is 5.75 Å². The van der Waals surface area contributed by atoms with Crippen molar-refractivity contribution < 1.29 is 19.7 Å². The average Bonchev–Trinajstić information content (AvgIpc) is 2.45. The van der Waals surface area contributed by atoms with E-state index in [2.05, 4.69) is 5.32 Å². The van der Waals surface area contributed by atoms with E-state index in [0.717, 1.165) is 12.0 Å². The number of hydrogen-bond donors (Lipinski definition) is 3. The van der Waals surface area contributed by atoms with Crippen LogP contribution in [0.3, 0.4) is 0 Å². The van der Waals surface area contributed by atoms with Crippen LogP contribution in [0.25, 0.3) is 0 Å². The van der Waals surface area contributed by atoms with E-state index in [1.54, 1.807) is 31.2 Å². The van der Waals surface area contributed by atoms with Crippen LogP contribution in [0, 0.1) is 0 Å². The van der Waals surface area contributed by atoms with Gasteiger partial charge in [-0.15, -0.1) is 0 Å². The highest BCUT2D eigenvalue weighted by Gasteiger charge is 2.31. The topological polar surface area (TPSA) is 78.8 Å². The molecule has 0 radical (unpaired) electrons. The quantitative estimate of drug-likeness (QED) is 0.643. The standard InChI is InChI=1S/C15H23NO4/c1-3-8-16-15(2,14(18)19)7-9-20-13-6-4-5-12(10-13)11-17/h4-6,10,16-17H,3,7-9,11H2,1-2H3,(H,18,19). The molecular formula is C15H23NO4. The summed E-state index contributed by atoms with van der Waals surface area (Å²) in [4.78, 5) is 11.3. The summed E-state index contributed by atoms with van der Waals surface area (Å²) in [5, 5.41) is 21.4. The summed E-state index contributed by atoms with van der Waals surface area (Å²) in [6, 6.07) is 7.14. The fourth-order valence-electron chi connectivity index (χ4n) is 1.78. The summed E-state index contributed by atoms with van der Waals surface area (Å²) in [5.41, 5.74) is -0.211. The average molecular weight is 281 g/mol. The van der Waals surface area contributed by atoms with Crippen LogP contribution in [0.5, 0.6) is 5.75 Å². The number of nitrogens with one attached hydrogen (secondary N) is 1. The normalized spacial score (nSPS) is 13.8. The molecule has 3 N–H and O–H groups in total. The first kappa shape index (κ1) is 16.5. The maximum atomic E-state index is 11.3. The van der Waals surface area contributed by atoms with Crippen LogP contribution >= 0.6 is 0 Å². The fraction of sp³-hybridized carbons (Fsp3) is 0.533. The predicted octanol–water partition coefficient (Wildman–Crippen LogP) is 1.79. The van der Waals surface area contributed by atoms with Gasteiger partial charge in [0, 0.05) is 6.42 Å². The van der Waals surface area contributed by atoms with Gasteiger partial charge in [-0.25, -0.2) is 0 Å². The molecular weight excluding hydrogens is 258 g/mol. The Morgan fingerprint density at radius 1 is 1.45 bits per heavy atom. The minimum Gasteiger partial charge on any atom is -0.493 e. The number of carboxylic acids is 1. The molecule has 0 spiro atoms. The molecule has 0 aliphatic heterocycles. The zero-order valence-electron chi connectivity index (χ0n) is 12.1.